The van der Waals surface area contributed by atoms with Crippen LogP contribution in [0.25, 0.3) is 0 Å². The van der Waals surface area contributed by atoms with Crippen LogP contribution in [0.5, 0.6) is 0 Å². The molecule has 0 saturated carbocycles. The lowest BCUT2D eigenvalue weighted by atomic mass is 10.3. The van der Waals surface area contributed by atoms with Gasteiger partial charge in [-0.25, -0.2) is 13.4 Å². The van der Waals surface area contributed by atoms with Gasteiger partial charge in [-0.15, -0.1) is 11.3 Å². The minimum absolute atomic E-state index is 0.374. The zero-order valence-corrected chi connectivity index (χ0v) is 14.1. The second-order valence-electron chi connectivity index (χ2n) is 5.35. The van der Waals surface area contributed by atoms with Crippen molar-refractivity contribution < 1.29 is 8.42 Å². The molecule has 0 aliphatic carbocycles. The Morgan fingerprint density at radius 3 is 2.41 bits per heavy atom. The average Bonchev–Trinajstić information content (AvgIpc) is 2.94. The highest BCUT2D eigenvalue weighted by atomic mass is 32.2. The van der Waals surface area contributed by atoms with Crippen LogP contribution in [0.15, 0.2) is 40.6 Å². The summed E-state index contributed by atoms with van der Waals surface area (Å²) in [4.78, 5) is 7.09. The van der Waals surface area contributed by atoms with Crippen LogP contribution in [0.3, 0.4) is 0 Å². The third kappa shape index (κ3) is 3.38. The number of nitrogens with zero attached hydrogens (tertiary/aromatic N) is 3. The number of piperazine rings is 1. The number of sulfonamides is 1. The van der Waals surface area contributed by atoms with Crippen LogP contribution in [-0.2, 0) is 16.6 Å². The van der Waals surface area contributed by atoms with Gasteiger partial charge in [0.25, 0.3) is 0 Å². The Bertz CT molecular complexity index is 720. The first-order valence-electron chi connectivity index (χ1n) is 7.24. The first-order chi connectivity index (χ1) is 10.6. The van der Waals surface area contributed by atoms with Crippen molar-refractivity contribution in [2.45, 2.75) is 18.4 Å². The van der Waals surface area contributed by atoms with Gasteiger partial charge in [-0.3, -0.25) is 4.90 Å². The molecule has 0 radical (unpaired) electrons. The van der Waals surface area contributed by atoms with Gasteiger partial charge in [0.05, 0.1) is 15.6 Å². The number of hydrogen-bond acceptors (Lipinski definition) is 5. The van der Waals surface area contributed by atoms with Crippen LogP contribution in [0.1, 0.15) is 10.7 Å². The van der Waals surface area contributed by atoms with E-state index in [1.54, 1.807) is 39.9 Å². The molecule has 1 aliphatic heterocycles. The average molecular weight is 337 g/mol. The molecule has 1 fully saturated rings. The largest absolute Gasteiger partial charge is 0.295 e. The lowest BCUT2D eigenvalue weighted by Gasteiger charge is -2.33. The monoisotopic (exact) mass is 337 g/mol. The normalized spacial score (nSPS) is 17.7. The maximum Gasteiger partial charge on any atom is 0.243 e. The molecule has 2 aromatic rings. The van der Waals surface area contributed by atoms with Gasteiger partial charge in [0.1, 0.15) is 0 Å². The highest BCUT2D eigenvalue weighted by molar-refractivity contribution is 7.89. The fourth-order valence-corrected chi connectivity index (χ4v) is 4.63. The van der Waals surface area contributed by atoms with Gasteiger partial charge in [-0.05, 0) is 19.1 Å². The van der Waals surface area contributed by atoms with Crippen molar-refractivity contribution in [2.24, 2.45) is 0 Å². The molecule has 5 nitrogen and oxygen atoms in total. The first kappa shape index (κ1) is 15.6. The molecule has 7 heteroatoms. The molecule has 1 aliphatic rings. The standard InChI is InChI=1S/C15H19N3O2S2/c1-13-16-14(12-21-13)11-17-7-9-18(10-8-17)22(19,20)15-5-3-2-4-6-15/h2-6,12H,7-11H2,1H3. The van der Waals surface area contributed by atoms with Crippen molar-refractivity contribution in [1.82, 2.24) is 14.2 Å². The van der Waals surface area contributed by atoms with Crippen molar-refractivity contribution in [3.05, 3.63) is 46.4 Å². The SMILES string of the molecule is Cc1nc(CN2CCN(S(=O)(=O)c3ccccc3)CC2)cs1. The van der Waals surface area contributed by atoms with E-state index in [1.807, 2.05) is 13.0 Å². The third-order valence-electron chi connectivity index (χ3n) is 3.76. The summed E-state index contributed by atoms with van der Waals surface area (Å²) in [5, 5.41) is 3.14. The van der Waals surface area contributed by atoms with Crippen molar-refractivity contribution in [1.29, 1.82) is 0 Å². The first-order valence-corrected chi connectivity index (χ1v) is 9.56. The van der Waals surface area contributed by atoms with Gasteiger partial charge in [0.2, 0.25) is 10.0 Å². The van der Waals surface area contributed by atoms with Gasteiger partial charge in [-0.2, -0.15) is 4.31 Å². The van der Waals surface area contributed by atoms with E-state index in [-0.39, 0.29) is 0 Å². The van der Waals surface area contributed by atoms with Gasteiger partial charge in [0, 0.05) is 38.1 Å². The van der Waals surface area contributed by atoms with E-state index in [2.05, 4.69) is 15.3 Å². The van der Waals surface area contributed by atoms with E-state index in [9.17, 15) is 8.42 Å². The fraction of sp³-hybridized carbons (Fsp3) is 0.400. The summed E-state index contributed by atoms with van der Waals surface area (Å²) >= 11 is 1.65. The number of thiazole rings is 1. The lowest BCUT2D eigenvalue weighted by molar-refractivity contribution is 0.180. The van der Waals surface area contributed by atoms with Crippen LogP contribution in [0.2, 0.25) is 0 Å². The number of aryl methyl sites for hydroxylation is 1. The maximum atomic E-state index is 12.6. The third-order valence-corrected chi connectivity index (χ3v) is 6.50. The lowest BCUT2D eigenvalue weighted by Crippen LogP contribution is -2.48. The van der Waals surface area contributed by atoms with Gasteiger partial charge in [-0.1, -0.05) is 18.2 Å². The molecule has 1 aromatic carbocycles. The zero-order chi connectivity index (χ0) is 15.6. The molecular formula is C15H19N3O2S2. The van der Waals surface area contributed by atoms with Gasteiger partial charge in [0.15, 0.2) is 0 Å². The summed E-state index contributed by atoms with van der Waals surface area (Å²) in [7, 11) is -3.36. The summed E-state index contributed by atoms with van der Waals surface area (Å²) < 4.78 is 26.7. The van der Waals surface area contributed by atoms with Crippen LogP contribution in [0.4, 0.5) is 0 Å². The quantitative estimate of drug-likeness (QED) is 0.856. The molecule has 0 unspecified atom stereocenters. The Kier molecular flexibility index (Phi) is 4.58. The van der Waals surface area contributed by atoms with E-state index in [1.165, 1.54) is 0 Å². The predicted molar refractivity (Wildman–Crippen MR) is 87.3 cm³/mol. The Morgan fingerprint density at radius 1 is 1.14 bits per heavy atom. The summed E-state index contributed by atoms with van der Waals surface area (Å²) in [6, 6.07) is 8.65. The van der Waals surface area contributed by atoms with E-state index in [0.717, 1.165) is 30.3 Å². The molecule has 2 heterocycles. The maximum absolute atomic E-state index is 12.6. The summed E-state index contributed by atoms with van der Waals surface area (Å²) in [6.07, 6.45) is 0. The summed E-state index contributed by atoms with van der Waals surface area (Å²) in [5.41, 5.74) is 1.07. The highest BCUT2D eigenvalue weighted by Crippen LogP contribution is 2.18. The van der Waals surface area contributed by atoms with Crippen molar-refractivity contribution in [3.63, 3.8) is 0 Å². The molecular weight excluding hydrogens is 318 g/mol. The van der Waals surface area contributed by atoms with E-state index in [0.29, 0.717) is 18.0 Å². The number of aromatic nitrogens is 1. The van der Waals surface area contributed by atoms with Crippen LogP contribution < -0.4 is 0 Å². The Labute approximate surface area is 135 Å². The van der Waals surface area contributed by atoms with Gasteiger partial charge >= 0.3 is 0 Å². The molecule has 0 spiro atoms. The molecule has 118 valence electrons. The van der Waals surface area contributed by atoms with E-state index >= 15 is 0 Å². The van der Waals surface area contributed by atoms with E-state index in [4.69, 9.17) is 0 Å². The fourth-order valence-electron chi connectivity index (χ4n) is 2.58. The zero-order valence-electron chi connectivity index (χ0n) is 12.5. The molecule has 22 heavy (non-hydrogen) atoms. The summed E-state index contributed by atoms with van der Waals surface area (Å²) in [5.74, 6) is 0. The predicted octanol–water partition coefficient (Wildman–Crippen LogP) is 1.96. The molecule has 1 aromatic heterocycles. The number of benzene rings is 1. The molecule has 0 atom stereocenters. The van der Waals surface area contributed by atoms with Crippen LogP contribution in [0, 0.1) is 6.92 Å². The molecule has 0 N–H and O–H groups in total. The molecule has 0 bridgehead atoms. The summed E-state index contributed by atoms with van der Waals surface area (Å²) in [6.45, 7) is 5.33. The second-order valence-corrected chi connectivity index (χ2v) is 8.35. The highest BCUT2D eigenvalue weighted by Gasteiger charge is 2.28. The van der Waals surface area contributed by atoms with E-state index < -0.39 is 10.0 Å². The number of rotatable bonds is 4. The van der Waals surface area contributed by atoms with Crippen molar-refractivity contribution in [2.75, 3.05) is 26.2 Å². The number of hydrogen-bond donors (Lipinski definition) is 0. The molecule has 3 rings (SSSR count). The van der Waals surface area contributed by atoms with Crippen molar-refractivity contribution >= 4 is 21.4 Å². The van der Waals surface area contributed by atoms with Gasteiger partial charge < -0.3 is 0 Å². The smallest absolute Gasteiger partial charge is 0.243 e. The topological polar surface area (TPSA) is 53.5 Å². The van der Waals surface area contributed by atoms with Crippen LogP contribution in [-0.4, -0.2) is 48.8 Å². The Balaban J connectivity index is 1.62. The minimum Gasteiger partial charge on any atom is -0.295 e. The molecule has 0 amide bonds. The minimum atomic E-state index is -3.36. The molecule has 1 saturated heterocycles. The van der Waals surface area contributed by atoms with Crippen molar-refractivity contribution in [3.8, 4) is 0 Å². The Hall–Kier alpha value is -1.28. The van der Waals surface area contributed by atoms with Crippen LogP contribution >= 0.6 is 11.3 Å². The second kappa shape index (κ2) is 6.45. The Morgan fingerprint density at radius 2 is 1.82 bits per heavy atom.